The second-order valence-corrected chi connectivity index (χ2v) is 6.96. The van der Waals surface area contributed by atoms with E-state index in [1.807, 2.05) is 12.1 Å². The highest BCUT2D eigenvalue weighted by Crippen LogP contribution is 2.24. The molecular formula is C16H24N4O2S. The summed E-state index contributed by atoms with van der Waals surface area (Å²) in [7, 11) is 0. The molecule has 0 unspecified atom stereocenters. The van der Waals surface area contributed by atoms with Crippen LogP contribution in [0.2, 0.25) is 0 Å². The summed E-state index contributed by atoms with van der Waals surface area (Å²) in [5.74, 6) is 2.56. The Morgan fingerprint density at radius 2 is 2.04 bits per heavy atom. The van der Waals surface area contributed by atoms with Crippen LogP contribution in [0.5, 0.6) is 0 Å². The van der Waals surface area contributed by atoms with Gasteiger partial charge < -0.3 is 9.15 Å². The number of ether oxygens (including phenoxy) is 1. The van der Waals surface area contributed by atoms with Crippen molar-refractivity contribution < 1.29 is 9.15 Å². The highest BCUT2D eigenvalue weighted by molar-refractivity contribution is 7.99. The van der Waals surface area contributed by atoms with Crippen LogP contribution in [0.1, 0.15) is 20.8 Å². The molecule has 0 radical (unpaired) electrons. The molecule has 2 aromatic rings. The summed E-state index contributed by atoms with van der Waals surface area (Å²) >= 11 is 1.75. The molecule has 0 N–H and O–H groups in total. The number of thioether (sulfide) groups is 1. The molecule has 0 bridgehead atoms. The van der Waals surface area contributed by atoms with Crippen molar-refractivity contribution in [2.45, 2.75) is 44.7 Å². The van der Waals surface area contributed by atoms with Crippen LogP contribution in [0.25, 0.3) is 11.6 Å². The van der Waals surface area contributed by atoms with E-state index in [-0.39, 0.29) is 0 Å². The molecule has 3 heterocycles. The molecule has 1 aliphatic rings. The van der Waals surface area contributed by atoms with Gasteiger partial charge in [0.05, 0.1) is 18.5 Å². The van der Waals surface area contributed by atoms with E-state index in [4.69, 9.17) is 9.15 Å². The fourth-order valence-corrected chi connectivity index (χ4v) is 4.00. The van der Waals surface area contributed by atoms with Gasteiger partial charge in [0.2, 0.25) is 0 Å². The first-order chi connectivity index (χ1) is 11.2. The number of rotatable bonds is 6. The van der Waals surface area contributed by atoms with Crippen LogP contribution in [-0.4, -0.2) is 57.3 Å². The highest BCUT2D eigenvalue weighted by atomic mass is 32.2. The molecule has 7 heteroatoms. The third-order valence-corrected chi connectivity index (χ3v) is 4.86. The summed E-state index contributed by atoms with van der Waals surface area (Å²) in [5.41, 5.74) is 0. The lowest BCUT2D eigenvalue weighted by molar-refractivity contribution is -0.0661. The van der Waals surface area contributed by atoms with Crippen molar-refractivity contribution in [3.63, 3.8) is 0 Å². The lowest BCUT2D eigenvalue weighted by Crippen LogP contribution is -2.46. The zero-order valence-corrected chi connectivity index (χ0v) is 14.8. The van der Waals surface area contributed by atoms with Crippen molar-refractivity contribution in [1.29, 1.82) is 0 Å². The van der Waals surface area contributed by atoms with E-state index in [1.54, 1.807) is 18.0 Å². The standard InChI is InChI=1S/C16H24N4O2S/c1-4-20-15(14-6-5-8-21-14)17-18-16(20)23-9-7-19-10-12(2)22-13(3)11-19/h5-6,8,12-13H,4,7,9-11H2,1-3H3/t12-,13-/m1/s1. The lowest BCUT2D eigenvalue weighted by Gasteiger charge is -2.35. The molecule has 0 aromatic carbocycles. The van der Waals surface area contributed by atoms with Gasteiger partial charge >= 0.3 is 0 Å². The van der Waals surface area contributed by atoms with Gasteiger partial charge in [0.1, 0.15) is 0 Å². The van der Waals surface area contributed by atoms with Crippen molar-refractivity contribution in [3.8, 4) is 11.6 Å². The summed E-state index contributed by atoms with van der Waals surface area (Å²) in [5, 5.41) is 9.56. The average molecular weight is 336 g/mol. The Balaban J connectivity index is 1.58. The molecule has 0 saturated carbocycles. The van der Waals surface area contributed by atoms with Crippen LogP contribution in [0.15, 0.2) is 28.0 Å². The van der Waals surface area contributed by atoms with Crippen molar-refractivity contribution in [1.82, 2.24) is 19.7 Å². The maximum atomic E-state index is 5.78. The molecule has 126 valence electrons. The van der Waals surface area contributed by atoms with E-state index in [2.05, 4.69) is 40.4 Å². The summed E-state index contributed by atoms with van der Waals surface area (Å²) in [6.07, 6.45) is 2.29. The van der Waals surface area contributed by atoms with E-state index in [1.165, 1.54) is 0 Å². The van der Waals surface area contributed by atoms with E-state index < -0.39 is 0 Å². The first-order valence-electron chi connectivity index (χ1n) is 8.15. The van der Waals surface area contributed by atoms with E-state index in [0.29, 0.717) is 12.2 Å². The molecule has 23 heavy (non-hydrogen) atoms. The lowest BCUT2D eigenvalue weighted by atomic mass is 10.2. The van der Waals surface area contributed by atoms with Crippen LogP contribution < -0.4 is 0 Å². The van der Waals surface area contributed by atoms with E-state index >= 15 is 0 Å². The summed E-state index contributed by atoms with van der Waals surface area (Å²) in [6.45, 7) is 10.3. The molecular weight excluding hydrogens is 312 g/mol. The SMILES string of the molecule is CCn1c(SCCN2C[C@@H](C)O[C@H](C)C2)nnc1-c1ccco1. The van der Waals surface area contributed by atoms with Crippen LogP contribution in [0, 0.1) is 0 Å². The quantitative estimate of drug-likeness (QED) is 0.756. The Hall–Kier alpha value is -1.31. The van der Waals surface area contributed by atoms with Gasteiger partial charge in [-0.2, -0.15) is 0 Å². The van der Waals surface area contributed by atoms with E-state index in [0.717, 1.165) is 48.7 Å². The Kier molecular flexibility index (Phi) is 5.40. The van der Waals surface area contributed by atoms with Gasteiger partial charge in [0, 0.05) is 31.9 Å². The minimum atomic E-state index is 0.314. The molecule has 0 amide bonds. The monoisotopic (exact) mass is 336 g/mol. The summed E-state index contributed by atoms with van der Waals surface area (Å²) in [6, 6.07) is 3.79. The van der Waals surface area contributed by atoms with Gasteiger partial charge in [-0.15, -0.1) is 10.2 Å². The third kappa shape index (κ3) is 3.97. The Morgan fingerprint density at radius 3 is 2.70 bits per heavy atom. The van der Waals surface area contributed by atoms with Crippen molar-refractivity contribution in [3.05, 3.63) is 18.4 Å². The molecule has 0 aliphatic carbocycles. The average Bonchev–Trinajstić information content (AvgIpc) is 3.14. The van der Waals surface area contributed by atoms with Gasteiger partial charge in [-0.25, -0.2) is 0 Å². The Morgan fingerprint density at radius 1 is 1.26 bits per heavy atom. The topological polar surface area (TPSA) is 56.3 Å². The second-order valence-electron chi connectivity index (χ2n) is 5.89. The zero-order chi connectivity index (χ0) is 16.2. The van der Waals surface area contributed by atoms with Crippen LogP contribution in [0.3, 0.4) is 0 Å². The third-order valence-electron chi connectivity index (χ3n) is 3.91. The molecule has 2 aromatic heterocycles. The second kappa shape index (κ2) is 7.51. The van der Waals surface area contributed by atoms with Gasteiger partial charge in [0.15, 0.2) is 16.7 Å². The fourth-order valence-electron chi connectivity index (χ4n) is 3.00. The molecule has 1 fully saturated rings. The largest absolute Gasteiger partial charge is 0.461 e. The van der Waals surface area contributed by atoms with Crippen LogP contribution >= 0.6 is 11.8 Å². The maximum Gasteiger partial charge on any atom is 0.200 e. The van der Waals surface area contributed by atoms with Crippen LogP contribution in [-0.2, 0) is 11.3 Å². The predicted octanol–water partition coefficient (Wildman–Crippen LogP) is 2.76. The van der Waals surface area contributed by atoms with Gasteiger partial charge in [-0.3, -0.25) is 9.47 Å². The molecule has 1 saturated heterocycles. The first kappa shape index (κ1) is 16.5. The molecule has 2 atom stereocenters. The zero-order valence-electron chi connectivity index (χ0n) is 13.9. The first-order valence-corrected chi connectivity index (χ1v) is 9.13. The predicted molar refractivity (Wildman–Crippen MR) is 90.6 cm³/mol. The summed E-state index contributed by atoms with van der Waals surface area (Å²) < 4.78 is 13.3. The number of morpholine rings is 1. The number of aromatic nitrogens is 3. The van der Waals surface area contributed by atoms with E-state index in [9.17, 15) is 0 Å². The minimum absolute atomic E-state index is 0.314. The Labute approximate surface area is 141 Å². The van der Waals surface area contributed by atoms with Crippen molar-refractivity contribution in [2.75, 3.05) is 25.4 Å². The Bertz CT molecular complexity index is 604. The van der Waals surface area contributed by atoms with Crippen molar-refractivity contribution in [2.24, 2.45) is 0 Å². The minimum Gasteiger partial charge on any atom is -0.461 e. The number of furan rings is 1. The van der Waals surface area contributed by atoms with Gasteiger partial charge in [0.25, 0.3) is 0 Å². The summed E-state index contributed by atoms with van der Waals surface area (Å²) in [4.78, 5) is 2.46. The molecule has 6 nitrogen and oxygen atoms in total. The highest BCUT2D eigenvalue weighted by Gasteiger charge is 2.22. The smallest absolute Gasteiger partial charge is 0.200 e. The maximum absolute atomic E-state index is 5.78. The molecule has 3 rings (SSSR count). The molecule has 0 spiro atoms. The van der Waals surface area contributed by atoms with Crippen LogP contribution in [0.4, 0.5) is 0 Å². The van der Waals surface area contributed by atoms with Gasteiger partial charge in [-0.1, -0.05) is 11.8 Å². The normalized spacial score (nSPS) is 22.6. The number of hydrogen-bond acceptors (Lipinski definition) is 6. The number of nitrogens with zero attached hydrogens (tertiary/aromatic N) is 4. The van der Waals surface area contributed by atoms with Crippen molar-refractivity contribution >= 4 is 11.8 Å². The number of hydrogen-bond donors (Lipinski definition) is 0. The van der Waals surface area contributed by atoms with Gasteiger partial charge in [-0.05, 0) is 32.9 Å². The fraction of sp³-hybridized carbons (Fsp3) is 0.625. The molecule has 1 aliphatic heterocycles.